The van der Waals surface area contributed by atoms with Crippen molar-refractivity contribution in [2.24, 2.45) is 5.92 Å². The first kappa shape index (κ1) is 13.5. The van der Waals surface area contributed by atoms with Gasteiger partial charge in [-0.05, 0) is 42.5 Å². The van der Waals surface area contributed by atoms with E-state index in [0.29, 0.717) is 12.5 Å². The van der Waals surface area contributed by atoms with Gasteiger partial charge in [0.05, 0.1) is 6.54 Å². The van der Waals surface area contributed by atoms with Crippen LogP contribution in [0.4, 0.5) is 0 Å². The van der Waals surface area contributed by atoms with Gasteiger partial charge in [-0.15, -0.1) is 21.5 Å². The van der Waals surface area contributed by atoms with E-state index >= 15 is 0 Å². The van der Waals surface area contributed by atoms with E-state index in [2.05, 4.69) is 33.9 Å². The van der Waals surface area contributed by atoms with Crippen LogP contribution in [0.2, 0.25) is 0 Å². The Morgan fingerprint density at radius 2 is 2.32 bits per heavy atom. The number of hydrogen-bond acceptors (Lipinski definition) is 4. The topological polar surface area (TPSA) is 59.3 Å². The summed E-state index contributed by atoms with van der Waals surface area (Å²) in [5.41, 5.74) is 2.10. The van der Waals surface area contributed by atoms with Crippen LogP contribution in [0.3, 0.4) is 0 Å². The highest BCUT2D eigenvalue weighted by atomic mass is 32.1. The summed E-state index contributed by atoms with van der Waals surface area (Å²) in [6.07, 6.45) is 2.86. The number of rotatable bonds is 4. The van der Waals surface area contributed by atoms with Gasteiger partial charge in [0.25, 0.3) is 0 Å². The number of nitrogens with zero attached hydrogens (tertiary/aromatic N) is 3. The van der Waals surface area contributed by atoms with E-state index in [1.807, 2.05) is 28.8 Å². The number of amides is 1. The van der Waals surface area contributed by atoms with Crippen LogP contribution < -0.4 is 5.32 Å². The first-order chi connectivity index (χ1) is 10.7. The molecule has 1 saturated carbocycles. The fourth-order valence-corrected chi connectivity index (χ4v) is 3.96. The van der Waals surface area contributed by atoms with E-state index < -0.39 is 0 Å². The van der Waals surface area contributed by atoms with Crippen molar-refractivity contribution in [3.8, 4) is 0 Å². The second kappa shape index (κ2) is 5.21. The number of carbonyl (C=O) groups excluding carboxylic acids is 1. The van der Waals surface area contributed by atoms with Crippen molar-refractivity contribution in [3.05, 3.63) is 52.1 Å². The fourth-order valence-electron chi connectivity index (χ4n) is 2.85. The molecule has 1 fully saturated rings. The minimum atomic E-state index is 0.108. The van der Waals surface area contributed by atoms with Crippen LogP contribution in [0, 0.1) is 12.8 Å². The van der Waals surface area contributed by atoms with Crippen molar-refractivity contribution in [3.63, 3.8) is 0 Å². The second-order valence-electron chi connectivity index (χ2n) is 5.68. The highest BCUT2D eigenvalue weighted by molar-refractivity contribution is 7.10. The molecule has 22 heavy (non-hydrogen) atoms. The molecular weight excluding hydrogens is 296 g/mol. The molecule has 1 amide bonds. The maximum atomic E-state index is 12.3. The molecule has 112 valence electrons. The lowest BCUT2D eigenvalue weighted by molar-refractivity contribution is -0.122. The minimum absolute atomic E-state index is 0.108. The van der Waals surface area contributed by atoms with Crippen molar-refractivity contribution in [1.29, 1.82) is 0 Å². The molecule has 1 aliphatic carbocycles. The molecule has 0 aliphatic heterocycles. The molecule has 0 aromatic carbocycles. The summed E-state index contributed by atoms with van der Waals surface area (Å²) in [6.45, 7) is 2.53. The average molecular weight is 312 g/mol. The number of nitrogens with one attached hydrogen (secondary N) is 1. The second-order valence-corrected chi connectivity index (χ2v) is 6.63. The molecular formula is C16H16N4OS. The molecule has 6 heteroatoms. The van der Waals surface area contributed by atoms with Gasteiger partial charge in [-0.1, -0.05) is 6.07 Å². The predicted molar refractivity (Wildman–Crippen MR) is 84.7 cm³/mol. The lowest BCUT2D eigenvalue weighted by atomic mass is 10.2. The summed E-state index contributed by atoms with van der Waals surface area (Å²) in [6, 6.07) is 7.87. The third kappa shape index (κ3) is 2.29. The Morgan fingerprint density at radius 1 is 1.41 bits per heavy atom. The maximum absolute atomic E-state index is 12.3. The number of aryl methyl sites for hydroxylation is 1. The van der Waals surface area contributed by atoms with Crippen LogP contribution in [0.1, 0.15) is 28.6 Å². The Kier molecular flexibility index (Phi) is 3.18. The molecule has 0 spiro atoms. The van der Waals surface area contributed by atoms with Gasteiger partial charge < -0.3 is 5.32 Å². The fraction of sp³-hybridized carbons (Fsp3) is 0.312. The summed E-state index contributed by atoms with van der Waals surface area (Å²) in [7, 11) is 0. The van der Waals surface area contributed by atoms with Crippen molar-refractivity contribution in [1.82, 2.24) is 19.9 Å². The van der Waals surface area contributed by atoms with Crippen LogP contribution in [0.25, 0.3) is 5.65 Å². The Labute approximate surface area is 132 Å². The Morgan fingerprint density at radius 3 is 3.14 bits per heavy atom. The van der Waals surface area contributed by atoms with Gasteiger partial charge in [-0.25, -0.2) is 0 Å². The zero-order valence-electron chi connectivity index (χ0n) is 12.2. The summed E-state index contributed by atoms with van der Waals surface area (Å²) < 4.78 is 1.90. The number of thiophene rings is 1. The quantitative estimate of drug-likeness (QED) is 0.805. The first-order valence-corrected chi connectivity index (χ1v) is 8.22. The number of carbonyl (C=O) groups is 1. The van der Waals surface area contributed by atoms with E-state index in [1.165, 1.54) is 10.4 Å². The maximum Gasteiger partial charge on any atom is 0.224 e. The van der Waals surface area contributed by atoms with Gasteiger partial charge in [-0.3, -0.25) is 9.20 Å². The Hall–Kier alpha value is -2.21. The van der Waals surface area contributed by atoms with Crippen molar-refractivity contribution < 1.29 is 4.79 Å². The molecule has 1 N–H and O–H groups in total. The molecule has 4 rings (SSSR count). The molecule has 2 atom stereocenters. The van der Waals surface area contributed by atoms with E-state index in [0.717, 1.165) is 17.9 Å². The van der Waals surface area contributed by atoms with E-state index in [-0.39, 0.29) is 11.8 Å². The normalized spacial score (nSPS) is 20.2. The predicted octanol–water partition coefficient (Wildman–Crippen LogP) is 2.52. The van der Waals surface area contributed by atoms with E-state index in [1.54, 1.807) is 11.3 Å². The summed E-state index contributed by atoms with van der Waals surface area (Å²) in [4.78, 5) is 13.6. The molecule has 0 bridgehead atoms. The average Bonchev–Trinajstić information content (AvgIpc) is 3.03. The highest BCUT2D eigenvalue weighted by Gasteiger charge is 2.45. The summed E-state index contributed by atoms with van der Waals surface area (Å²) in [5, 5.41) is 13.3. The standard InChI is InChI=1S/C16H16N4OS/c1-10-5-7-22-15(10)11-8-12(11)16(21)17-9-14-19-18-13-4-2-3-6-20(13)14/h2-7,11-12H,8-9H2,1H3,(H,17,21)/t11-,12-/m1/s1. The van der Waals surface area contributed by atoms with Crippen LogP contribution in [0.5, 0.6) is 0 Å². The molecule has 0 saturated heterocycles. The van der Waals surface area contributed by atoms with Gasteiger partial charge in [0.1, 0.15) is 0 Å². The zero-order valence-corrected chi connectivity index (χ0v) is 13.0. The molecule has 3 heterocycles. The van der Waals surface area contributed by atoms with Gasteiger partial charge >= 0.3 is 0 Å². The van der Waals surface area contributed by atoms with Crippen molar-refractivity contribution in [2.75, 3.05) is 0 Å². The third-order valence-electron chi connectivity index (χ3n) is 4.17. The summed E-state index contributed by atoms with van der Waals surface area (Å²) in [5.74, 6) is 1.38. The zero-order chi connectivity index (χ0) is 15.1. The van der Waals surface area contributed by atoms with Crippen LogP contribution >= 0.6 is 11.3 Å². The lowest BCUT2D eigenvalue weighted by Crippen LogP contribution is -2.25. The van der Waals surface area contributed by atoms with Gasteiger partial charge in [0.15, 0.2) is 11.5 Å². The number of pyridine rings is 1. The molecule has 3 aromatic rings. The van der Waals surface area contributed by atoms with Gasteiger partial charge in [-0.2, -0.15) is 0 Å². The number of hydrogen-bond donors (Lipinski definition) is 1. The van der Waals surface area contributed by atoms with Gasteiger partial charge in [0.2, 0.25) is 5.91 Å². The SMILES string of the molecule is Cc1ccsc1[C@@H]1C[C@H]1C(=O)NCc1nnc2ccccn12. The van der Waals surface area contributed by atoms with Gasteiger partial charge in [0, 0.05) is 22.9 Å². The smallest absolute Gasteiger partial charge is 0.224 e. The van der Waals surface area contributed by atoms with E-state index in [4.69, 9.17) is 0 Å². The van der Waals surface area contributed by atoms with Crippen molar-refractivity contribution in [2.45, 2.75) is 25.8 Å². The minimum Gasteiger partial charge on any atom is -0.349 e. The van der Waals surface area contributed by atoms with Crippen LogP contribution in [-0.2, 0) is 11.3 Å². The summed E-state index contributed by atoms with van der Waals surface area (Å²) >= 11 is 1.75. The molecule has 0 radical (unpaired) electrons. The Bertz CT molecular complexity index is 837. The van der Waals surface area contributed by atoms with Crippen LogP contribution in [0.15, 0.2) is 35.8 Å². The lowest BCUT2D eigenvalue weighted by Gasteiger charge is -2.04. The molecule has 0 unspecified atom stereocenters. The molecule has 1 aliphatic rings. The van der Waals surface area contributed by atoms with Crippen molar-refractivity contribution >= 4 is 22.9 Å². The highest BCUT2D eigenvalue weighted by Crippen LogP contribution is 2.50. The molecule has 3 aromatic heterocycles. The number of fused-ring (bicyclic) bond motifs is 1. The third-order valence-corrected chi connectivity index (χ3v) is 5.32. The largest absolute Gasteiger partial charge is 0.349 e. The molecule has 5 nitrogen and oxygen atoms in total. The van der Waals surface area contributed by atoms with E-state index in [9.17, 15) is 4.79 Å². The van der Waals surface area contributed by atoms with Crippen LogP contribution in [-0.4, -0.2) is 20.5 Å². The Balaban J connectivity index is 1.41. The monoisotopic (exact) mass is 312 g/mol. The first-order valence-electron chi connectivity index (χ1n) is 7.34. The number of aromatic nitrogens is 3.